The van der Waals surface area contributed by atoms with Crippen molar-refractivity contribution in [2.24, 2.45) is 0 Å². The minimum atomic E-state index is -0.515. The van der Waals surface area contributed by atoms with Gasteiger partial charge in [-0.2, -0.15) is 0 Å². The first-order chi connectivity index (χ1) is 9.83. The minimum absolute atomic E-state index is 0.0257. The molecule has 7 heteroatoms. The fourth-order valence-electron chi connectivity index (χ4n) is 2.22. The van der Waals surface area contributed by atoms with Crippen LogP contribution in [0.5, 0.6) is 0 Å². The molecule has 0 aromatic carbocycles. The number of piperidine rings is 1. The van der Waals surface area contributed by atoms with Crippen LogP contribution in [0.4, 0.5) is 15.1 Å². The monoisotopic (exact) mass is 296 g/mol. The number of amides is 1. The first-order valence-electron chi connectivity index (χ1n) is 7.05. The minimum Gasteiger partial charge on any atom is -0.444 e. The summed E-state index contributed by atoms with van der Waals surface area (Å²) in [7, 11) is 0. The molecule has 0 saturated carbocycles. The third kappa shape index (κ3) is 4.84. The Kier molecular flexibility index (Phi) is 4.59. The second-order valence-corrected chi connectivity index (χ2v) is 6.13. The summed E-state index contributed by atoms with van der Waals surface area (Å²) >= 11 is 0. The van der Waals surface area contributed by atoms with Gasteiger partial charge in [0.2, 0.25) is 5.95 Å². The Morgan fingerprint density at radius 3 is 2.71 bits per heavy atom. The van der Waals surface area contributed by atoms with E-state index in [1.54, 1.807) is 0 Å². The van der Waals surface area contributed by atoms with Crippen molar-refractivity contribution in [1.29, 1.82) is 0 Å². The molecule has 1 saturated heterocycles. The Hall–Kier alpha value is -1.92. The number of hydrogen-bond acceptors (Lipinski definition) is 5. The molecule has 1 amide bonds. The number of ether oxygens (including phenoxy) is 1. The Bertz CT molecular complexity index is 487. The molecule has 6 nitrogen and oxygen atoms in total. The zero-order valence-corrected chi connectivity index (χ0v) is 12.6. The van der Waals surface area contributed by atoms with Gasteiger partial charge in [-0.1, -0.05) is 0 Å². The van der Waals surface area contributed by atoms with Crippen LogP contribution in [0.1, 0.15) is 33.6 Å². The number of carbonyl (C=O) groups is 1. The fourth-order valence-corrected chi connectivity index (χ4v) is 2.22. The molecule has 1 aliphatic rings. The van der Waals surface area contributed by atoms with Crippen LogP contribution in [-0.2, 0) is 4.74 Å². The van der Waals surface area contributed by atoms with E-state index in [1.807, 2.05) is 25.7 Å². The van der Waals surface area contributed by atoms with Crippen molar-refractivity contribution in [3.63, 3.8) is 0 Å². The van der Waals surface area contributed by atoms with E-state index in [-0.39, 0.29) is 6.04 Å². The number of nitrogens with one attached hydrogen (secondary N) is 1. The summed E-state index contributed by atoms with van der Waals surface area (Å²) < 4.78 is 18.1. The van der Waals surface area contributed by atoms with Crippen LogP contribution in [0.3, 0.4) is 0 Å². The summed E-state index contributed by atoms with van der Waals surface area (Å²) in [5, 5.41) is 2.85. The molecule has 116 valence electrons. The largest absolute Gasteiger partial charge is 0.444 e. The summed E-state index contributed by atoms with van der Waals surface area (Å²) in [5.74, 6) is 0.0197. The number of hydrogen-bond donors (Lipinski definition) is 1. The van der Waals surface area contributed by atoms with Gasteiger partial charge in [0.05, 0.1) is 12.4 Å². The van der Waals surface area contributed by atoms with Crippen LogP contribution in [0.25, 0.3) is 0 Å². The van der Waals surface area contributed by atoms with Crippen molar-refractivity contribution in [2.45, 2.75) is 45.3 Å². The van der Waals surface area contributed by atoms with E-state index >= 15 is 0 Å². The van der Waals surface area contributed by atoms with Crippen LogP contribution in [0, 0.1) is 5.82 Å². The Morgan fingerprint density at radius 1 is 1.43 bits per heavy atom. The van der Waals surface area contributed by atoms with Crippen LogP contribution in [-0.4, -0.2) is 40.8 Å². The lowest BCUT2D eigenvalue weighted by molar-refractivity contribution is 0.0500. The van der Waals surface area contributed by atoms with Gasteiger partial charge in [-0.15, -0.1) is 0 Å². The molecule has 1 aromatic heterocycles. The highest BCUT2D eigenvalue weighted by Crippen LogP contribution is 2.16. The number of alkyl carbamates (subject to hydrolysis) is 1. The normalized spacial score (nSPS) is 19.2. The average Bonchev–Trinajstić information content (AvgIpc) is 2.37. The maximum Gasteiger partial charge on any atom is 0.407 e. The Morgan fingerprint density at radius 2 is 2.10 bits per heavy atom. The number of rotatable bonds is 2. The van der Waals surface area contributed by atoms with Gasteiger partial charge in [0, 0.05) is 19.1 Å². The highest BCUT2D eigenvalue weighted by Gasteiger charge is 2.25. The molecule has 1 atom stereocenters. The van der Waals surface area contributed by atoms with Crippen molar-refractivity contribution in [2.75, 3.05) is 18.0 Å². The van der Waals surface area contributed by atoms with Gasteiger partial charge in [-0.05, 0) is 33.6 Å². The Labute approximate surface area is 123 Å². The SMILES string of the molecule is CC(C)(C)OC(=O)N[C@@H]1CCCN(c2ncc(F)cn2)C1. The third-order valence-corrected chi connectivity index (χ3v) is 3.03. The van der Waals surface area contributed by atoms with Crippen LogP contribution in [0.2, 0.25) is 0 Å². The van der Waals surface area contributed by atoms with E-state index < -0.39 is 17.5 Å². The standard InChI is InChI=1S/C14H21FN4O2/c1-14(2,3)21-13(20)18-11-5-4-6-19(9-11)12-16-7-10(15)8-17-12/h7-8,11H,4-6,9H2,1-3H3,(H,18,20)/t11-/m1/s1. The second kappa shape index (κ2) is 6.24. The summed E-state index contributed by atoms with van der Waals surface area (Å²) in [6.45, 7) is 6.85. The molecule has 2 heterocycles. The van der Waals surface area contributed by atoms with Crippen molar-refractivity contribution < 1.29 is 13.9 Å². The summed E-state index contributed by atoms with van der Waals surface area (Å²) in [6.07, 6.45) is 3.65. The van der Waals surface area contributed by atoms with Gasteiger partial charge in [0.25, 0.3) is 0 Å². The smallest absolute Gasteiger partial charge is 0.407 e. The first kappa shape index (κ1) is 15.5. The molecule has 0 radical (unpaired) electrons. The van der Waals surface area contributed by atoms with Crippen LogP contribution in [0.15, 0.2) is 12.4 Å². The molecule has 0 unspecified atom stereocenters. The van der Waals surface area contributed by atoms with E-state index in [9.17, 15) is 9.18 Å². The van der Waals surface area contributed by atoms with Crippen molar-refractivity contribution in [3.8, 4) is 0 Å². The highest BCUT2D eigenvalue weighted by atomic mass is 19.1. The average molecular weight is 296 g/mol. The molecule has 1 fully saturated rings. The third-order valence-electron chi connectivity index (χ3n) is 3.03. The van der Waals surface area contributed by atoms with E-state index in [1.165, 1.54) is 0 Å². The predicted molar refractivity (Wildman–Crippen MR) is 76.6 cm³/mol. The molecule has 1 aliphatic heterocycles. The van der Waals surface area contributed by atoms with E-state index in [2.05, 4.69) is 15.3 Å². The summed E-state index contributed by atoms with van der Waals surface area (Å²) in [5.41, 5.74) is -0.515. The summed E-state index contributed by atoms with van der Waals surface area (Å²) in [4.78, 5) is 21.7. The zero-order chi connectivity index (χ0) is 15.5. The van der Waals surface area contributed by atoms with Crippen LogP contribution < -0.4 is 10.2 Å². The number of anilines is 1. The lowest BCUT2D eigenvalue weighted by Crippen LogP contribution is -2.49. The predicted octanol–water partition coefficient (Wildman–Crippen LogP) is 2.11. The van der Waals surface area contributed by atoms with Gasteiger partial charge in [0.1, 0.15) is 5.60 Å². The number of carbonyl (C=O) groups excluding carboxylic acids is 1. The number of halogens is 1. The van der Waals surface area contributed by atoms with Gasteiger partial charge < -0.3 is 15.0 Å². The molecule has 0 bridgehead atoms. The lowest BCUT2D eigenvalue weighted by atomic mass is 10.1. The molecule has 1 N–H and O–H groups in total. The van der Waals surface area contributed by atoms with Crippen LogP contribution >= 0.6 is 0 Å². The highest BCUT2D eigenvalue weighted by molar-refractivity contribution is 5.68. The lowest BCUT2D eigenvalue weighted by Gasteiger charge is -2.33. The number of nitrogens with zero attached hydrogens (tertiary/aromatic N) is 3. The molecule has 2 rings (SSSR count). The van der Waals surface area contributed by atoms with Crippen molar-refractivity contribution in [1.82, 2.24) is 15.3 Å². The zero-order valence-electron chi connectivity index (χ0n) is 12.6. The van der Waals surface area contributed by atoms with Crippen molar-refractivity contribution >= 4 is 12.0 Å². The van der Waals surface area contributed by atoms with E-state index in [0.29, 0.717) is 12.5 Å². The number of aromatic nitrogens is 2. The second-order valence-electron chi connectivity index (χ2n) is 6.13. The fraction of sp³-hybridized carbons (Fsp3) is 0.643. The molecule has 21 heavy (non-hydrogen) atoms. The quantitative estimate of drug-likeness (QED) is 0.905. The molecule has 0 spiro atoms. The van der Waals surface area contributed by atoms with Gasteiger partial charge in [0.15, 0.2) is 5.82 Å². The van der Waals surface area contributed by atoms with Gasteiger partial charge in [-0.25, -0.2) is 19.2 Å². The molecular formula is C14H21FN4O2. The summed E-state index contributed by atoms with van der Waals surface area (Å²) in [6, 6.07) is -0.0257. The Balaban J connectivity index is 1.91. The van der Waals surface area contributed by atoms with Gasteiger partial charge in [-0.3, -0.25) is 0 Å². The van der Waals surface area contributed by atoms with Crippen molar-refractivity contribution in [3.05, 3.63) is 18.2 Å². The molecule has 0 aliphatic carbocycles. The molecule has 1 aromatic rings. The topological polar surface area (TPSA) is 67.3 Å². The van der Waals surface area contributed by atoms with Gasteiger partial charge >= 0.3 is 6.09 Å². The van der Waals surface area contributed by atoms with E-state index in [0.717, 1.165) is 31.8 Å². The first-order valence-corrected chi connectivity index (χ1v) is 7.05. The molecular weight excluding hydrogens is 275 g/mol. The van der Waals surface area contributed by atoms with E-state index in [4.69, 9.17) is 4.74 Å². The maximum absolute atomic E-state index is 12.8. The maximum atomic E-state index is 12.8.